The van der Waals surface area contributed by atoms with Crippen LogP contribution in [0.3, 0.4) is 0 Å². The molecule has 0 unspecified atom stereocenters. The number of ether oxygens (including phenoxy) is 1. The summed E-state index contributed by atoms with van der Waals surface area (Å²) in [6, 6.07) is 4.38. The van der Waals surface area contributed by atoms with E-state index in [9.17, 15) is 13.2 Å². The van der Waals surface area contributed by atoms with Gasteiger partial charge in [-0.25, -0.2) is 0 Å². The van der Waals surface area contributed by atoms with Gasteiger partial charge in [-0.2, -0.15) is 8.42 Å². The highest BCUT2D eigenvalue weighted by Crippen LogP contribution is 2.28. The Morgan fingerprint density at radius 1 is 1.55 bits per heavy atom. The lowest BCUT2D eigenvalue weighted by molar-refractivity contribution is -0.136. The van der Waals surface area contributed by atoms with Gasteiger partial charge in [0.2, 0.25) is 0 Å². The summed E-state index contributed by atoms with van der Waals surface area (Å²) in [6.45, 7) is 0. The second-order valence-electron chi connectivity index (χ2n) is 3.29. The first-order valence-corrected chi connectivity index (χ1v) is 6.75. The molecule has 0 fully saturated rings. The molecule has 0 aliphatic heterocycles. The van der Waals surface area contributed by atoms with Gasteiger partial charge in [-0.05, 0) is 17.7 Å². The van der Waals surface area contributed by atoms with Crippen LogP contribution in [0, 0.1) is 0 Å². The van der Waals surface area contributed by atoms with Crippen LogP contribution < -0.4 is 10.1 Å². The summed E-state index contributed by atoms with van der Waals surface area (Å²) in [7, 11) is 0.543. The quantitative estimate of drug-likeness (QED) is 0.785. The van der Waals surface area contributed by atoms with Crippen molar-refractivity contribution in [2.45, 2.75) is 6.42 Å². The lowest BCUT2D eigenvalue weighted by Crippen LogP contribution is -1.99. The third kappa shape index (κ3) is 7.44. The van der Waals surface area contributed by atoms with E-state index in [4.69, 9.17) is 9.84 Å². The number of benzene rings is 1. The van der Waals surface area contributed by atoms with Crippen molar-refractivity contribution in [1.29, 1.82) is 0 Å². The zero-order valence-electron chi connectivity index (χ0n) is 10.9. The van der Waals surface area contributed by atoms with Gasteiger partial charge in [0.25, 0.3) is 0 Å². The molecule has 20 heavy (non-hydrogen) atoms. The number of carbonyl (C=O) groups is 1. The molecule has 0 saturated carbocycles. The maximum atomic E-state index is 10.5. The number of nitrogens with one attached hydrogen (secondary N) is 1. The molecule has 0 heterocycles. The number of hydrogen-bond acceptors (Lipinski definition) is 6. The lowest BCUT2D eigenvalue weighted by Gasteiger charge is -2.04. The number of thiocarbonyl (C=S) groups is 1. The first-order chi connectivity index (χ1) is 9.44. The molecule has 1 aromatic carbocycles. The van der Waals surface area contributed by atoms with Crippen molar-refractivity contribution in [3.05, 3.63) is 23.8 Å². The highest BCUT2D eigenvalue weighted by molar-refractivity contribution is 7.78. The number of carboxylic acids is 1. The average molecular weight is 318 g/mol. The van der Waals surface area contributed by atoms with E-state index >= 15 is 0 Å². The van der Waals surface area contributed by atoms with Crippen LogP contribution in [0.2, 0.25) is 0 Å². The summed E-state index contributed by atoms with van der Waals surface area (Å²) in [5, 5.41) is 11.2. The van der Waals surface area contributed by atoms with Gasteiger partial charge in [-0.3, -0.25) is 4.79 Å². The number of carboxylic acid groups (broad SMARTS) is 1. The Morgan fingerprint density at radius 2 is 2.15 bits per heavy atom. The summed E-state index contributed by atoms with van der Waals surface area (Å²) in [4.78, 5) is 10.5. The first kappa shape index (κ1) is 18.0. The van der Waals surface area contributed by atoms with Crippen molar-refractivity contribution in [3.8, 4) is 5.75 Å². The lowest BCUT2D eigenvalue weighted by atomic mass is 10.1. The molecule has 1 aromatic rings. The first-order valence-electron chi connectivity index (χ1n) is 5.25. The molecule has 110 valence electrons. The summed E-state index contributed by atoms with van der Waals surface area (Å²) in [6.07, 6.45) is -0.196. The monoisotopic (exact) mass is 318 g/mol. The smallest absolute Gasteiger partial charge is 0.316 e. The van der Waals surface area contributed by atoms with Gasteiger partial charge >= 0.3 is 16.5 Å². The number of aliphatic carboxylic acids is 1. The van der Waals surface area contributed by atoms with E-state index in [1.54, 1.807) is 13.1 Å². The van der Waals surface area contributed by atoms with Gasteiger partial charge in [-0.15, -0.1) is 4.36 Å². The predicted molar refractivity (Wildman–Crippen MR) is 78.1 cm³/mol. The van der Waals surface area contributed by atoms with Crippen molar-refractivity contribution in [2.24, 2.45) is 4.36 Å². The minimum absolute atomic E-state index is 0.0922. The fourth-order valence-electron chi connectivity index (χ4n) is 1.17. The molecule has 0 amide bonds. The molecular weight excluding hydrogens is 304 g/mol. The minimum atomic E-state index is -2.60. The summed E-state index contributed by atoms with van der Waals surface area (Å²) >= 11 is 4.32. The van der Waals surface area contributed by atoms with E-state index in [1.807, 2.05) is 0 Å². The summed E-state index contributed by atoms with van der Waals surface area (Å²) in [5.74, 6) is -0.724. The molecule has 0 aromatic heterocycles. The predicted octanol–water partition coefficient (Wildman–Crippen LogP) is 1.18. The van der Waals surface area contributed by atoms with Crippen LogP contribution in [0.15, 0.2) is 22.6 Å². The van der Waals surface area contributed by atoms with Gasteiger partial charge in [0.05, 0.1) is 19.0 Å². The van der Waals surface area contributed by atoms with Gasteiger partial charge in [0.1, 0.15) is 11.4 Å². The average Bonchev–Trinajstić information content (AvgIpc) is 2.38. The molecule has 0 aliphatic rings. The van der Waals surface area contributed by atoms with Crippen LogP contribution in [-0.4, -0.2) is 39.1 Å². The Hall–Kier alpha value is -2.00. The fraction of sp³-hybridized carbons (Fsp3) is 0.273. The van der Waals surface area contributed by atoms with Gasteiger partial charge in [0.15, 0.2) is 0 Å². The number of hydrogen-bond donors (Lipinski definition) is 2. The topological polar surface area (TPSA) is 105 Å². The Balaban J connectivity index is 0.000000796. The normalized spacial score (nSPS) is 8.70. The Labute approximate surface area is 123 Å². The molecule has 0 saturated heterocycles. The summed E-state index contributed by atoms with van der Waals surface area (Å²) in [5.41, 5.74) is 2.01. The van der Waals surface area contributed by atoms with Crippen molar-refractivity contribution in [3.63, 3.8) is 0 Å². The molecule has 9 heteroatoms. The van der Waals surface area contributed by atoms with E-state index in [1.165, 1.54) is 24.7 Å². The van der Waals surface area contributed by atoms with Crippen LogP contribution in [0.1, 0.15) is 5.56 Å². The van der Waals surface area contributed by atoms with Gasteiger partial charge in [-0.1, -0.05) is 18.3 Å². The molecule has 0 radical (unpaired) electrons. The Morgan fingerprint density at radius 3 is 2.55 bits per heavy atom. The maximum absolute atomic E-state index is 10.5. The summed E-state index contributed by atoms with van der Waals surface area (Å²) < 4.78 is 29.1. The van der Waals surface area contributed by atoms with Gasteiger partial charge < -0.3 is 15.2 Å². The van der Waals surface area contributed by atoms with E-state index in [0.29, 0.717) is 5.56 Å². The second kappa shape index (κ2) is 9.87. The Bertz CT molecular complexity index is 591. The van der Waals surface area contributed by atoms with Crippen molar-refractivity contribution in [2.75, 3.05) is 14.2 Å². The molecule has 0 aliphatic carbocycles. The van der Waals surface area contributed by atoms with Crippen molar-refractivity contribution >= 4 is 39.9 Å². The molecule has 0 atom stereocenters. The fourth-order valence-corrected chi connectivity index (χ4v) is 1.48. The zero-order valence-corrected chi connectivity index (χ0v) is 12.5. The van der Waals surface area contributed by atoms with E-state index in [-0.39, 0.29) is 17.9 Å². The zero-order chi connectivity index (χ0) is 15.5. The van der Waals surface area contributed by atoms with Crippen LogP contribution >= 0.6 is 12.2 Å². The van der Waals surface area contributed by atoms with Crippen LogP contribution in [-0.2, 0) is 21.7 Å². The van der Waals surface area contributed by atoms with Gasteiger partial charge in [0, 0.05) is 7.05 Å². The molecule has 1 rings (SSSR count). The third-order valence-corrected chi connectivity index (χ3v) is 2.47. The molecule has 0 bridgehead atoms. The Kier molecular flexibility index (Phi) is 8.88. The van der Waals surface area contributed by atoms with Crippen LogP contribution in [0.25, 0.3) is 0 Å². The number of rotatable bonds is 5. The highest BCUT2D eigenvalue weighted by Gasteiger charge is 2.06. The molecule has 0 spiro atoms. The molecule has 2 N–H and O–H groups in total. The van der Waals surface area contributed by atoms with Crippen molar-refractivity contribution in [1.82, 2.24) is 5.32 Å². The number of methoxy groups -OCH3 is 1. The number of nitrogens with zero attached hydrogens (tertiary/aromatic N) is 1. The van der Waals surface area contributed by atoms with Crippen molar-refractivity contribution < 1.29 is 23.1 Å². The van der Waals surface area contributed by atoms with Crippen LogP contribution in [0.4, 0.5) is 5.69 Å². The second-order valence-corrected chi connectivity index (χ2v) is 4.14. The molecule has 7 nitrogen and oxygen atoms in total. The highest BCUT2D eigenvalue weighted by atomic mass is 32.2. The largest absolute Gasteiger partial charge is 0.494 e. The maximum Gasteiger partial charge on any atom is 0.316 e. The minimum Gasteiger partial charge on any atom is -0.494 e. The van der Waals surface area contributed by atoms with E-state index in [0.717, 1.165) is 0 Å². The van der Waals surface area contributed by atoms with E-state index in [2.05, 4.69) is 21.9 Å². The molecular formula is C11H14N2O5S2. The third-order valence-electron chi connectivity index (χ3n) is 1.89. The van der Waals surface area contributed by atoms with Crippen LogP contribution in [0.5, 0.6) is 5.75 Å². The van der Waals surface area contributed by atoms with E-state index < -0.39 is 16.5 Å². The standard InChI is InChI=1S/C9H9NO5S.C2H5NS/c1-15-8-3-2-6(5-9(11)12)4-7(8)10-16(13)14;1-3-2-4/h2-4H,5H2,1H3,(H,11,12);2H,1H3,(H,3,4). The SMILES string of the molecule is CNC=S.COc1ccc(CC(=O)O)cc1N=S(=O)=O.